The number of nitrogens with one attached hydrogen (secondary N) is 1. The van der Waals surface area contributed by atoms with Crippen LogP contribution in [0.1, 0.15) is 373 Å². The number of hydrogen-bond acceptors (Lipinski definition) is 3. The van der Waals surface area contributed by atoms with Gasteiger partial charge >= 0.3 is 0 Å². The van der Waals surface area contributed by atoms with E-state index in [-0.39, 0.29) is 12.5 Å². The zero-order valence-corrected chi connectivity index (χ0v) is 55.0. The van der Waals surface area contributed by atoms with Crippen molar-refractivity contribution in [1.29, 1.82) is 0 Å². The number of amides is 1. The van der Waals surface area contributed by atoms with E-state index >= 15 is 0 Å². The van der Waals surface area contributed by atoms with E-state index in [1.807, 2.05) is 6.08 Å². The van der Waals surface area contributed by atoms with Crippen LogP contribution < -0.4 is 5.32 Å². The Bertz CT molecular complexity index is 1480. The minimum atomic E-state index is -0.845. The molecule has 0 spiro atoms. The summed E-state index contributed by atoms with van der Waals surface area (Å²) in [6.45, 7) is 4.23. The molecule has 0 heterocycles. The Balaban J connectivity index is 3.47. The van der Waals surface area contributed by atoms with Gasteiger partial charge in [-0.1, -0.05) is 387 Å². The molecule has 0 aliphatic heterocycles. The Morgan fingerprint density at radius 2 is 0.537 bits per heavy atom. The van der Waals surface area contributed by atoms with Gasteiger partial charge in [-0.05, 0) is 77.0 Å². The van der Waals surface area contributed by atoms with Crippen molar-refractivity contribution >= 4 is 5.91 Å². The summed E-state index contributed by atoms with van der Waals surface area (Å²) in [6, 6.07) is -0.628. The Hall–Kier alpha value is -2.69. The second kappa shape index (κ2) is 72.6. The van der Waals surface area contributed by atoms with Crippen molar-refractivity contribution in [2.45, 2.75) is 386 Å². The molecule has 0 saturated heterocycles. The van der Waals surface area contributed by atoms with Crippen LogP contribution in [0.25, 0.3) is 0 Å². The van der Waals surface area contributed by atoms with E-state index in [0.29, 0.717) is 6.42 Å². The molecule has 2 atom stereocenters. The van der Waals surface area contributed by atoms with Crippen LogP contribution in [0, 0.1) is 0 Å². The highest BCUT2D eigenvalue weighted by molar-refractivity contribution is 5.76. The molecule has 82 heavy (non-hydrogen) atoms. The van der Waals surface area contributed by atoms with Crippen LogP contribution in [0.2, 0.25) is 0 Å². The summed E-state index contributed by atoms with van der Waals surface area (Å²) < 4.78 is 0. The molecule has 3 N–H and O–H groups in total. The van der Waals surface area contributed by atoms with E-state index in [1.54, 1.807) is 6.08 Å². The van der Waals surface area contributed by atoms with Crippen LogP contribution in [-0.2, 0) is 4.79 Å². The minimum Gasteiger partial charge on any atom is -0.394 e. The number of unbranched alkanes of at least 4 members (excludes halogenated alkanes) is 46. The fraction of sp³-hybridized carbons (Fsp3) is 0.782. The molecule has 0 fully saturated rings. The summed E-state index contributed by atoms with van der Waals surface area (Å²) in [6.07, 6.45) is 108. The van der Waals surface area contributed by atoms with Gasteiger partial charge in [0.15, 0.2) is 0 Å². The molecule has 0 aromatic rings. The van der Waals surface area contributed by atoms with Crippen molar-refractivity contribution < 1.29 is 15.0 Å². The molecule has 0 rings (SSSR count). The second-order valence-electron chi connectivity index (χ2n) is 24.6. The topological polar surface area (TPSA) is 69.6 Å². The van der Waals surface area contributed by atoms with E-state index in [1.165, 1.54) is 283 Å². The van der Waals surface area contributed by atoms with Gasteiger partial charge < -0.3 is 15.5 Å². The Morgan fingerprint density at radius 3 is 0.805 bits per heavy atom. The van der Waals surface area contributed by atoms with Gasteiger partial charge in [-0.2, -0.15) is 0 Å². The standard InChI is InChI=1S/C78H141NO3/c1-3-5-7-9-11-13-15-17-19-21-23-25-27-29-31-33-35-36-37-38-39-40-41-42-44-46-48-50-52-54-56-58-60-62-64-66-68-70-72-74-78(82)79-76(75-80)77(81)73-71-69-67-65-63-61-59-57-55-53-51-49-47-45-43-34-32-30-28-26-24-22-20-18-16-14-12-10-8-6-4-2/h5,7,11,13,17,19,23,25,29,31,35-36,38-39,71,73,76-77,80-81H,3-4,6,8-10,12,14-16,18,20-22,24,26-28,30,32-34,37,40-70,72,74-75H2,1-2H3,(H,79,82)/b7-5-,13-11-,19-17-,25-23-,31-29-,36-35-,39-38-,73-71+. The average Bonchev–Trinajstić information content (AvgIpc) is 3.50. The molecule has 4 nitrogen and oxygen atoms in total. The molecule has 476 valence electrons. The van der Waals surface area contributed by atoms with Gasteiger partial charge in [0.25, 0.3) is 0 Å². The second-order valence-corrected chi connectivity index (χ2v) is 24.6. The summed E-state index contributed by atoms with van der Waals surface area (Å²) >= 11 is 0. The van der Waals surface area contributed by atoms with E-state index in [0.717, 1.165) is 70.6 Å². The van der Waals surface area contributed by atoms with Crippen molar-refractivity contribution in [3.05, 3.63) is 97.2 Å². The Kier molecular flexibility index (Phi) is 70.2. The molecule has 0 saturated carbocycles. The van der Waals surface area contributed by atoms with Gasteiger partial charge in [0.1, 0.15) is 0 Å². The van der Waals surface area contributed by atoms with Gasteiger partial charge in [0, 0.05) is 6.42 Å². The fourth-order valence-corrected chi connectivity index (χ4v) is 11.1. The highest BCUT2D eigenvalue weighted by atomic mass is 16.3. The van der Waals surface area contributed by atoms with Gasteiger partial charge in [-0.15, -0.1) is 0 Å². The highest BCUT2D eigenvalue weighted by Crippen LogP contribution is 2.19. The molecule has 2 unspecified atom stereocenters. The smallest absolute Gasteiger partial charge is 0.220 e. The maximum absolute atomic E-state index is 12.6. The summed E-state index contributed by atoms with van der Waals surface area (Å²) in [7, 11) is 0. The van der Waals surface area contributed by atoms with Crippen molar-refractivity contribution in [1.82, 2.24) is 5.32 Å². The Morgan fingerprint density at radius 1 is 0.305 bits per heavy atom. The third kappa shape index (κ3) is 68.1. The van der Waals surface area contributed by atoms with Crippen LogP contribution in [0.4, 0.5) is 0 Å². The lowest BCUT2D eigenvalue weighted by Crippen LogP contribution is -2.45. The minimum absolute atomic E-state index is 0.0604. The number of rotatable bonds is 67. The molecule has 0 bridgehead atoms. The lowest BCUT2D eigenvalue weighted by molar-refractivity contribution is -0.123. The maximum Gasteiger partial charge on any atom is 0.220 e. The number of aliphatic hydroxyl groups is 2. The van der Waals surface area contributed by atoms with Crippen molar-refractivity contribution in [3.63, 3.8) is 0 Å². The van der Waals surface area contributed by atoms with E-state index in [2.05, 4.69) is 104 Å². The first-order valence-corrected chi connectivity index (χ1v) is 36.5. The fourth-order valence-electron chi connectivity index (χ4n) is 11.1. The predicted molar refractivity (Wildman–Crippen MR) is 368 cm³/mol. The molecule has 0 aromatic heterocycles. The van der Waals surface area contributed by atoms with Crippen molar-refractivity contribution in [2.24, 2.45) is 0 Å². The van der Waals surface area contributed by atoms with Crippen LogP contribution in [0.5, 0.6) is 0 Å². The van der Waals surface area contributed by atoms with E-state index < -0.39 is 12.1 Å². The molecule has 0 aliphatic carbocycles. The first kappa shape index (κ1) is 79.3. The van der Waals surface area contributed by atoms with Crippen molar-refractivity contribution in [3.8, 4) is 0 Å². The largest absolute Gasteiger partial charge is 0.394 e. The van der Waals surface area contributed by atoms with Crippen LogP contribution in [0.15, 0.2) is 97.2 Å². The van der Waals surface area contributed by atoms with Gasteiger partial charge in [0.2, 0.25) is 5.91 Å². The number of allylic oxidation sites excluding steroid dienone is 15. The number of carbonyl (C=O) groups is 1. The van der Waals surface area contributed by atoms with E-state index in [4.69, 9.17) is 0 Å². The van der Waals surface area contributed by atoms with Crippen LogP contribution >= 0.6 is 0 Å². The average molecular weight is 1140 g/mol. The zero-order chi connectivity index (χ0) is 59.1. The monoisotopic (exact) mass is 1140 g/mol. The maximum atomic E-state index is 12.6. The number of hydrogen-bond donors (Lipinski definition) is 3. The molecular formula is C78H141NO3. The van der Waals surface area contributed by atoms with E-state index in [9.17, 15) is 15.0 Å². The summed E-state index contributed by atoms with van der Waals surface area (Å²) in [5.74, 6) is -0.0604. The van der Waals surface area contributed by atoms with Crippen LogP contribution in [-0.4, -0.2) is 34.9 Å². The first-order valence-electron chi connectivity index (χ1n) is 36.5. The molecular weight excluding hydrogens is 999 g/mol. The molecule has 0 radical (unpaired) electrons. The van der Waals surface area contributed by atoms with Crippen LogP contribution in [0.3, 0.4) is 0 Å². The first-order chi connectivity index (χ1) is 40.7. The van der Waals surface area contributed by atoms with Gasteiger partial charge in [-0.25, -0.2) is 0 Å². The zero-order valence-electron chi connectivity index (χ0n) is 55.0. The predicted octanol–water partition coefficient (Wildman–Crippen LogP) is 25.2. The molecule has 0 aliphatic rings. The lowest BCUT2D eigenvalue weighted by atomic mass is 10.0. The number of aliphatic hydroxyl groups excluding tert-OH is 2. The third-order valence-corrected chi connectivity index (χ3v) is 16.6. The summed E-state index contributed by atoms with van der Waals surface area (Å²) in [5.41, 5.74) is 0. The summed E-state index contributed by atoms with van der Waals surface area (Å²) in [5, 5.41) is 23.3. The summed E-state index contributed by atoms with van der Waals surface area (Å²) in [4.78, 5) is 12.6. The number of carbonyl (C=O) groups excluding carboxylic acids is 1. The lowest BCUT2D eigenvalue weighted by Gasteiger charge is -2.20. The van der Waals surface area contributed by atoms with Gasteiger partial charge in [0.05, 0.1) is 18.8 Å². The van der Waals surface area contributed by atoms with Crippen molar-refractivity contribution in [2.75, 3.05) is 6.61 Å². The molecule has 4 heteroatoms. The SMILES string of the molecule is CC/C=C\C/C=C\C/C=C\C/C=C\C/C=C\C/C=C\C/C=C\CCCCCCCCCCCCCCCCCCCC(=O)NC(CO)C(O)/C=C/CCCCCCCCCCCCCCCCCCCCCCCCCCCCCCC. The molecule has 0 aromatic carbocycles. The quantitative estimate of drug-likeness (QED) is 0.0420. The molecule has 1 amide bonds. The third-order valence-electron chi connectivity index (χ3n) is 16.6. The van der Waals surface area contributed by atoms with Gasteiger partial charge in [-0.3, -0.25) is 4.79 Å². The highest BCUT2D eigenvalue weighted by Gasteiger charge is 2.18. The normalized spacial score (nSPS) is 13.3. The Labute approximate surface area is 513 Å².